The van der Waals surface area contributed by atoms with Gasteiger partial charge in [-0.3, -0.25) is 0 Å². The van der Waals surface area contributed by atoms with E-state index in [4.69, 9.17) is 11.6 Å². The topological polar surface area (TPSA) is 21.1 Å². The number of imidazole rings is 1. The Balaban J connectivity index is 1.73. The zero-order valence-electron chi connectivity index (χ0n) is 12.8. The average molecular weight is 322 g/mol. The summed E-state index contributed by atoms with van der Waals surface area (Å²) in [4.78, 5) is 6.69. The predicted molar refractivity (Wildman–Crippen MR) is 87.5 cm³/mol. The van der Waals surface area contributed by atoms with Crippen LogP contribution in [0.2, 0.25) is 5.02 Å². The van der Waals surface area contributed by atoms with E-state index in [-0.39, 0.29) is 5.82 Å². The van der Waals surface area contributed by atoms with Gasteiger partial charge in [0, 0.05) is 18.9 Å². The molecule has 22 heavy (non-hydrogen) atoms. The Hall–Kier alpha value is -1.39. The van der Waals surface area contributed by atoms with Crippen LogP contribution in [-0.4, -0.2) is 34.6 Å². The molecular weight excluding hydrogens is 301 g/mol. The summed E-state index contributed by atoms with van der Waals surface area (Å²) in [6.07, 6.45) is 7.20. The molecule has 1 aliphatic heterocycles. The number of halogens is 2. The van der Waals surface area contributed by atoms with E-state index in [1.165, 1.54) is 32.0 Å². The fourth-order valence-corrected chi connectivity index (χ4v) is 3.35. The van der Waals surface area contributed by atoms with Crippen molar-refractivity contribution in [3.8, 4) is 11.4 Å². The van der Waals surface area contributed by atoms with Gasteiger partial charge in [0.15, 0.2) is 0 Å². The van der Waals surface area contributed by atoms with Gasteiger partial charge in [0.05, 0.1) is 10.6 Å². The van der Waals surface area contributed by atoms with Crippen molar-refractivity contribution in [2.75, 3.05) is 20.1 Å². The number of piperidine rings is 1. The molecule has 1 aliphatic rings. The summed E-state index contributed by atoms with van der Waals surface area (Å²) in [7, 11) is 2.17. The third-order valence-corrected chi connectivity index (χ3v) is 4.83. The zero-order valence-corrected chi connectivity index (χ0v) is 13.6. The number of aromatic nitrogens is 2. The first-order chi connectivity index (χ1) is 10.6. The van der Waals surface area contributed by atoms with Crippen molar-refractivity contribution in [2.45, 2.75) is 25.8 Å². The number of nitrogens with zero attached hydrogens (tertiary/aromatic N) is 3. The molecule has 0 saturated carbocycles. The highest BCUT2D eigenvalue weighted by atomic mass is 35.5. The molecule has 3 nitrogen and oxygen atoms in total. The summed E-state index contributed by atoms with van der Waals surface area (Å²) in [5.74, 6) is 1.04. The van der Waals surface area contributed by atoms with Crippen LogP contribution < -0.4 is 0 Å². The van der Waals surface area contributed by atoms with E-state index in [0.29, 0.717) is 16.4 Å². The molecule has 3 rings (SSSR count). The lowest BCUT2D eigenvalue weighted by Crippen LogP contribution is -2.30. The normalized spacial score (nSPS) is 17.0. The number of hydrogen-bond donors (Lipinski definition) is 0. The molecule has 1 fully saturated rings. The quantitative estimate of drug-likeness (QED) is 0.846. The van der Waals surface area contributed by atoms with Crippen molar-refractivity contribution in [3.05, 3.63) is 41.4 Å². The Morgan fingerprint density at radius 1 is 1.32 bits per heavy atom. The average Bonchev–Trinajstić information content (AvgIpc) is 2.95. The lowest BCUT2D eigenvalue weighted by Gasteiger charge is -2.29. The van der Waals surface area contributed by atoms with Crippen molar-refractivity contribution >= 4 is 11.6 Å². The Morgan fingerprint density at radius 2 is 2.09 bits per heavy atom. The number of aryl methyl sites for hydroxylation is 1. The van der Waals surface area contributed by atoms with Gasteiger partial charge < -0.3 is 9.47 Å². The summed E-state index contributed by atoms with van der Waals surface area (Å²) in [6, 6.07) is 4.75. The molecule has 5 heteroatoms. The smallest absolute Gasteiger partial charge is 0.144 e. The molecular formula is C17H21ClFN3. The van der Waals surface area contributed by atoms with Crippen LogP contribution in [0.15, 0.2) is 30.6 Å². The minimum Gasteiger partial charge on any atom is -0.331 e. The van der Waals surface area contributed by atoms with Crippen LogP contribution in [0.25, 0.3) is 11.4 Å². The van der Waals surface area contributed by atoms with Gasteiger partial charge in [-0.15, -0.1) is 0 Å². The second kappa shape index (κ2) is 6.80. The first kappa shape index (κ1) is 15.5. The molecule has 0 unspecified atom stereocenters. The van der Waals surface area contributed by atoms with Gasteiger partial charge in [-0.25, -0.2) is 9.37 Å². The van der Waals surface area contributed by atoms with Crippen LogP contribution >= 0.6 is 11.6 Å². The number of rotatable bonds is 4. The second-order valence-electron chi connectivity index (χ2n) is 6.08. The molecule has 0 spiro atoms. The van der Waals surface area contributed by atoms with Gasteiger partial charge in [-0.1, -0.05) is 17.7 Å². The standard InChI is InChI=1S/C17H21ClFN3/c1-21-9-5-13(6-10-21)7-11-22-12-8-20-17(22)16-14(18)3-2-4-15(16)19/h2-4,8,12-13H,5-7,9-11H2,1H3. The predicted octanol–water partition coefficient (Wildman–Crippen LogP) is 4.07. The SMILES string of the molecule is CN1CCC(CCn2ccnc2-c2c(F)cccc2Cl)CC1. The van der Waals surface area contributed by atoms with E-state index in [9.17, 15) is 4.39 Å². The molecule has 0 radical (unpaired) electrons. The maximum Gasteiger partial charge on any atom is 0.144 e. The lowest BCUT2D eigenvalue weighted by molar-refractivity contribution is 0.208. The molecule has 1 aromatic heterocycles. The zero-order chi connectivity index (χ0) is 15.5. The van der Waals surface area contributed by atoms with Crippen molar-refractivity contribution < 1.29 is 4.39 Å². The molecule has 0 amide bonds. The number of likely N-dealkylation sites (tertiary alicyclic amines) is 1. The number of hydrogen-bond acceptors (Lipinski definition) is 2. The molecule has 0 N–H and O–H groups in total. The van der Waals surface area contributed by atoms with Crippen molar-refractivity contribution in [2.24, 2.45) is 5.92 Å². The second-order valence-corrected chi connectivity index (χ2v) is 6.48. The van der Waals surface area contributed by atoms with E-state index < -0.39 is 0 Å². The van der Waals surface area contributed by atoms with E-state index in [2.05, 4.69) is 16.9 Å². The molecule has 1 saturated heterocycles. The fraction of sp³-hybridized carbons (Fsp3) is 0.471. The van der Waals surface area contributed by atoms with Gasteiger partial charge in [-0.05, 0) is 57.5 Å². The molecule has 0 aliphatic carbocycles. The Labute approximate surface area is 135 Å². The largest absolute Gasteiger partial charge is 0.331 e. The molecule has 0 bridgehead atoms. The molecule has 0 atom stereocenters. The van der Waals surface area contributed by atoms with Crippen LogP contribution in [0.4, 0.5) is 4.39 Å². The van der Waals surface area contributed by atoms with E-state index >= 15 is 0 Å². The van der Waals surface area contributed by atoms with Crippen LogP contribution in [-0.2, 0) is 6.54 Å². The first-order valence-electron chi connectivity index (χ1n) is 7.79. The van der Waals surface area contributed by atoms with Crippen molar-refractivity contribution in [1.82, 2.24) is 14.5 Å². The fourth-order valence-electron chi connectivity index (χ4n) is 3.10. The molecule has 2 heterocycles. The van der Waals surface area contributed by atoms with Crippen LogP contribution in [0.3, 0.4) is 0 Å². The van der Waals surface area contributed by atoms with Gasteiger partial charge in [0.25, 0.3) is 0 Å². The number of benzene rings is 1. The van der Waals surface area contributed by atoms with E-state index in [1.807, 2.05) is 10.8 Å². The van der Waals surface area contributed by atoms with Crippen LogP contribution in [0.1, 0.15) is 19.3 Å². The maximum atomic E-state index is 14.1. The maximum absolute atomic E-state index is 14.1. The third kappa shape index (κ3) is 3.33. The lowest BCUT2D eigenvalue weighted by atomic mass is 9.94. The van der Waals surface area contributed by atoms with Crippen molar-refractivity contribution in [1.29, 1.82) is 0 Å². The molecule has 118 valence electrons. The van der Waals surface area contributed by atoms with Crippen molar-refractivity contribution in [3.63, 3.8) is 0 Å². The highest BCUT2D eigenvalue weighted by Crippen LogP contribution is 2.30. The molecule has 2 aromatic rings. The van der Waals surface area contributed by atoms with Gasteiger partial charge in [0.1, 0.15) is 11.6 Å². The van der Waals surface area contributed by atoms with E-state index in [1.54, 1.807) is 18.3 Å². The summed E-state index contributed by atoms with van der Waals surface area (Å²) in [5.41, 5.74) is 0.401. The van der Waals surface area contributed by atoms with E-state index in [0.717, 1.165) is 18.9 Å². The summed E-state index contributed by atoms with van der Waals surface area (Å²) >= 11 is 6.16. The van der Waals surface area contributed by atoms with Gasteiger partial charge >= 0.3 is 0 Å². The van der Waals surface area contributed by atoms with Crippen LogP contribution in [0.5, 0.6) is 0 Å². The third-order valence-electron chi connectivity index (χ3n) is 4.52. The monoisotopic (exact) mass is 321 g/mol. The summed E-state index contributed by atoms with van der Waals surface area (Å²) < 4.78 is 16.1. The van der Waals surface area contributed by atoms with Gasteiger partial charge in [0.2, 0.25) is 0 Å². The molecule has 1 aromatic carbocycles. The highest BCUT2D eigenvalue weighted by Gasteiger charge is 2.18. The Bertz CT molecular complexity index is 612. The summed E-state index contributed by atoms with van der Waals surface area (Å²) in [5, 5.41) is 0.409. The Morgan fingerprint density at radius 3 is 2.82 bits per heavy atom. The summed E-state index contributed by atoms with van der Waals surface area (Å²) in [6.45, 7) is 3.19. The minimum absolute atomic E-state index is 0.320. The van der Waals surface area contributed by atoms with Gasteiger partial charge in [-0.2, -0.15) is 0 Å². The first-order valence-corrected chi connectivity index (χ1v) is 8.17. The van der Waals surface area contributed by atoms with Crippen LogP contribution in [0, 0.1) is 11.7 Å². The minimum atomic E-state index is -0.320. The Kier molecular flexibility index (Phi) is 4.79. The highest BCUT2D eigenvalue weighted by molar-refractivity contribution is 6.33.